The highest BCUT2D eigenvalue weighted by Gasteiger charge is 2.36. The van der Waals surface area contributed by atoms with Crippen LogP contribution in [-0.2, 0) is 9.53 Å². The largest absolute Gasteiger partial charge is 0.468 e. The Morgan fingerprint density at radius 1 is 1.54 bits per heavy atom. The highest BCUT2D eigenvalue weighted by Crippen LogP contribution is 2.34. The standard InChI is InChI=1S/C9H15NO2S/c1-12-9(11)7-5-13-8-4-2-3-6(8)10-7/h6-8,10H,2-5H2,1H3. The molecule has 1 saturated heterocycles. The molecule has 0 aromatic rings. The Morgan fingerprint density at radius 3 is 3.15 bits per heavy atom. The van der Waals surface area contributed by atoms with Crippen LogP contribution in [0.3, 0.4) is 0 Å². The number of hydrogen-bond acceptors (Lipinski definition) is 4. The lowest BCUT2D eigenvalue weighted by Gasteiger charge is -2.31. The Labute approximate surface area is 82.6 Å². The molecular weight excluding hydrogens is 186 g/mol. The minimum Gasteiger partial charge on any atom is -0.468 e. The van der Waals surface area contributed by atoms with Gasteiger partial charge >= 0.3 is 5.97 Å². The van der Waals surface area contributed by atoms with E-state index in [-0.39, 0.29) is 12.0 Å². The van der Waals surface area contributed by atoms with Gasteiger partial charge in [-0.1, -0.05) is 6.42 Å². The van der Waals surface area contributed by atoms with Gasteiger partial charge in [-0.05, 0) is 12.8 Å². The van der Waals surface area contributed by atoms with Crippen molar-refractivity contribution in [3.8, 4) is 0 Å². The third-order valence-electron chi connectivity index (χ3n) is 2.83. The summed E-state index contributed by atoms with van der Waals surface area (Å²) in [7, 11) is 1.45. The Hall–Kier alpha value is -0.220. The molecule has 3 unspecified atom stereocenters. The maximum Gasteiger partial charge on any atom is 0.323 e. The Kier molecular flexibility index (Phi) is 2.79. The quantitative estimate of drug-likeness (QED) is 0.636. The van der Waals surface area contributed by atoms with Crippen LogP contribution in [-0.4, -0.2) is 36.2 Å². The minimum atomic E-state index is -0.113. The fourth-order valence-corrected chi connectivity index (χ4v) is 3.57. The molecule has 13 heavy (non-hydrogen) atoms. The van der Waals surface area contributed by atoms with E-state index in [1.165, 1.54) is 26.4 Å². The smallest absolute Gasteiger partial charge is 0.323 e. The zero-order chi connectivity index (χ0) is 9.26. The molecule has 1 heterocycles. The Morgan fingerprint density at radius 2 is 2.38 bits per heavy atom. The average molecular weight is 201 g/mol. The zero-order valence-electron chi connectivity index (χ0n) is 7.79. The first-order chi connectivity index (χ1) is 6.31. The molecular formula is C9H15NO2S. The van der Waals surface area contributed by atoms with Gasteiger partial charge in [-0.15, -0.1) is 0 Å². The lowest BCUT2D eigenvalue weighted by molar-refractivity contribution is -0.142. The summed E-state index contributed by atoms with van der Waals surface area (Å²) in [6.45, 7) is 0. The van der Waals surface area contributed by atoms with Crippen molar-refractivity contribution in [2.24, 2.45) is 0 Å². The molecule has 3 nitrogen and oxygen atoms in total. The monoisotopic (exact) mass is 201 g/mol. The molecule has 0 amide bonds. The molecule has 0 aromatic heterocycles. The fraction of sp³-hybridized carbons (Fsp3) is 0.889. The van der Waals surface area contributed by atoms with Gasteiger partial charge in [0.25, 0.3) is 0 Å². The van der Waals surface area contributed by atoms with Gasteiger partial charge in [-0.25, -0.2) is 0 Å². The minimum absolute atomic E-state index is 0.0747. The van der Waals surface area contributed by atoms with Gasteiger partial charge in [0, 0.05) is 17.0 Å². The van der Waals surface area contributed by atoms with Gasteiger partial charge in [-0.3, -0.25) is 10.1 Å². The summed E-state index contributed by atoms with van der Waals surface area (Å²) in [5.74, 6) is 0.756. The lowest BCUT2D eigenvalue weighted by atomic mass is 10.2. The molecule has 1 aliphatic heterocycles. The van der Waals surface area contributed by atoms with Crippen LogP contribution in [0.5, 0.6) is 0 Å². The van der Waals surface area contributed by atoms with E-state index in [1.54, 1.807) is 0 Å². The Balaban J connectivity index is 1.93. The first kappa shape index (κ1) is 9.34. The number of fused-ring (bicyclic) bond motifs is 1. The van der Waals surface area contributed by atoms with Gasteiger partial charge in [0.05, 0.1) is 7.11 Å². The second kappa shape index (κ2) is 3.88. The van der Waals surface area contributed by atoms with Crippen molar-refractivity contribution < 1.29 is 9.53 Å². The van der Waals surface area contributed by atoms with Gasteiger partial charge in [0.1, 0.15) is 6.04 Å². The Bertz CT molecular complexity index is 210. The van der Waals surface area contributed by atoms with Crippen LogP contribution < -0.4 is 5.32 Å². The number of thioether (sulfide) groups is 1. The predicted molar refractivity (Wildman–Crippen MR) is 52.8 cm³/mol. The summed E-state index contributed by atoms with van der Waals surface area (Å²) >= 11 is 1.92. The van der Waals surface area contributed by atoms with Crippen LogP contribution in [0, 0.1) is 0 Å². The number of nitrogens with one attached hydrogen (secondary N) is 1. The van der Waals surface area contributed by atoms with Crippen LogP contribution >= 0.6 is 11.8 Å². The molecule has 1 saturated carbocycles. The van der Waals surface area contributed by atoms with E-state index >= 15 is 0 Å². The number of carbonyl (C=O) groups is 1. The normalized spacial score (nSPS) is 38.4. The van der Waals surface area contributed by atoms with E-state index in [0.717, 1.165) is 11.0 Å². The molecule has 2 rings (SSSR count). The average Bonchev–Trinajstić information content (AvgIpc) is 2.63. The highest BCUT2D eigenvalue weighted by atomic mass is 32.2. The molecule has 74 valence electrons. The number of esters is 1. The van der Waals surface area contributed by atoms with E-state index in [1.807, 2.05) is 11.8 Å². The summed E-state index contributed by atoms with van der Waals surface area (Å²) < 4.78 is 4.72. The van der Waals surface area contributed by atoms with Gasteiger partial charge in [0.2, 0.25) is 0 Å². The summed E-state index contributed by atoms with van der Waals surface area (Å²) in [5.41, 5.74) is 0. The number of hydrogen-bond donors (Lipinski definition) is 1. The summed E-state index contributed by atoms with van der Waals surface area (Å²) in [6.07, 6.45) is 3.81. The van der Waals surface area contributed by atoms with Crippen LogP contribution in [0.15, 0.2) is 0 Å². The number of rotatable bonds is 1. The highest BCUT2D eigenvalue weighted by molar-refractivity contribution is 8.00. The van der Waals surface area contributed by atoms with E-state index in [9.17, 15) is 4.79 Å². The second-order valence-electron chi connectivity index (χ2n) is 3.65. The lowest BCUT2D eigenvalue weighted by Crippen LogP contribution is -2.51. The van der Waals surface area contributed by atoms with Crippen molar-refractivity contribution in [2.45, 2.75) is 36.6 Å². The van der Waals surface area contributed by atoms with Crippen molar-refractivity contribution in [1.29, 1.82) is 0 Å². The molecule has 3 atom stereocenters. The number of methoxy groups -OCH3 is 1. The molecule has 1 aliphatic carbocycles. The summed E-state index contributed by atoms with van der Waals surface area (Å²) in [4.78, 5) is 11.3. The van der Waals surface area contributed by atoms with Crippen LogP contribution in [0.25, 0.3) is 0 Å². The van der Waals surface area contributed by atoms with Gasteiger partial charge in [-0.2, -0.15) is 11.8 Å². The fourth-order valence-electron chi connectivity index (χ4n) is 2.12. The maximum absolute atomic E-state index is 11.3. The van der Waals surface area contributed by atoms with Gasteiger partial charge < -0.3 is 4.74 Å². The topological polar surface area (TPSA) is 38.3 Å². The zero-order valence-corrected chi connectivity index (χ0v) is 8.60. The molecule has 0 aromatic carbocycles. The van der Waals surface area contributed by atoms with E-state index in [4.69, 9.17) is 4.74 Å². The predicted octanol–water partition coefficient (Wildman–Crippen LogP) is 0.785. The number of ether oxygens (including phenoxy) is 1. The van der Waals surface area contributed by atoms with Gasteiger partial charge in [0.15, 0.2) is 0 Å². The molecule has 2 aliphatic rings. The first-order valence-electron chi connectivity index (χ1n) is 4.76. The molecule has 4 heteroatoms. The maximum atomic E-state index is 11.3. The number of carbonyl (C=O) groups excluding carboxylic acids is 1. The van der Waals surface area contributed by atoms with Crippen molar-refractivity contribution in [3.05, 3.63) is 0 Å². The van der Waals surface area contributed by atoms with E-state index in [0.29, 0.717) is 6.04 Å². The molecule has 0 radical (unpaired) electrons. The van der Waals surface area contributed by atoms with Crippen molar-refractivity contribution in [3.63, 3.8) is 0 Å². The van der Waals surface area contributed by atoms with Crippen molar-refractivity contribution >= 4 is 17.7 Å². The third-order valence-corrected chi connectivity index (χ3v) is 4.35. The second-order valence-corrected chi connectivity index (χ2v) is 4.92. The third kappa shape index (κ3) is 1.83. The molecule has 2 fully saturated rings. The summed E-state index contributed by atoms with van der Waals surface area (Å²) in [5, 5.41) is 4.11. The SMILES string of the molecule is COC(=O)C1CSC2CCCC2N1. The summed E-state index contributed by atoms with van der Waals surface area (Å²) in [6, 6.07) is 0.470. The molecule has 1 N–H and O–H groups in total. The van der Waals surface area contributed by atoms with Crippen LogP contribution in [0.4, 0.5) is 0 Å². The van der Waals surface area contributed by atoms with E-state index in [2.05, 4.69) is 5.32 Å². The van der Waals surface area contributed by atoms with E-state index < -0.39 is 0 Å². The molecule has 0 bridgehead atoms. The van der Waals surface area contributed by atoms with Crippen molar-refractivity contribution in [2.75, 3.05) is 12.9 Å². The van der Waals surface area contributed by atoms with Crippen molar-refractivity contribution in [1.82, 2.24) is 5.32 Å². The van der Waals surface area contributed by atoms with Crippen LogP contribution in [0.2, 0.25) is 0 Å². The first-order valence-corrected chi connectivity index (χ1v) is 5.81. The molecule has 0 spiro atoms. The van der Waals surface area contributed by atoms with Crippen LogP contribution in [0.1, 0.15) is 19.3 Å².